The minimum atomic E-state index is 0.152. The van der Waals surface area contributed by atoms with Gasteiger partial charge in [-0.15, -0.1) is 0 Å². The quantitative estimate of drug-likeness (QED) is 0.652. The highest BCUT2D eigenvalue weighted by Gasteiger charge is 2.13. The zero-order valence-corrected chi connectivity index (χ0v) is 8.18. The summed E-state index contributed by atoms with van der Waals surface area (Å²) in [6.45, 7) is 0. The molecule has 1 aromatic carbocycles. The van der Waals surface area contributed by atoms with Gasteiger partial charge in [-0.2, -0.15) is 0 Å². The number of aromatic hydroxyl groups is 1. The summed E-state index contributed by atoms with van der Waals surface area (Å²) in [7, 11) is 0. The van der Waals surface area contributed by atoms with Crippen molar-refractivity contribution in [3.8, 4) is 17.3 Å². The topological polar surface area (TPSA) is 85.4 Å². The lowest BCUT2D eigenvalue weighted by Gasteiger charge is -1.90. The molecule has 0 saturated heterocycles. The number of furan rings is 1. The lowest BCUT2D eigenvalue weighted by molar-refractivity contribution is 0.421. The van der Waals surface area contributed by atoms with Crippen LogP contribution in [0.4, 0.5) is 5.69 Å². The fourth-order valence-electron chi connectivity index (χ4n) is 1.57. The molecule has 0 aliphatic rings. The highest BCUT2D eigenvalue weighted by atomic mass is 16.5. The predicted octanol–water partition coefficient (Wildman–Crippen LogP) is 2.38. The second-order valence-electron chi connectivity index (χ2n) is 3.44. The molecule has 0 amide bonds. The van der Waals surface area contributed by atoms with E-state index in [1.54, 1.807) is 18.2 Å². The van der Waals surface area contributed by atoms with Crippen molar-refractivity contribution in [1.29, 1.82) is 0 Å². The van der Waals surface area contributed by atoms with Crippen molar-refractivity contribution < 1.29 is 14.0 Å². The van der Waals surface area contributed by atoms with Crippen molar-refractivity contribution in [2.45, 2.75) is 0 Å². The monoisotopic (exact) mass is 216 g/mol. The summed E-state index contributed by atoms with van der Waals surface area (Å²) in [5, 5.41) is 13.7. The van der Waals surface area contributed by atoms with Crippen LogP contribution in [0.5, 0.6) is 5.75 Å². The zero-order valence-electron chi connectivity index (χ0n) is 8.18. The average Bonchev–Trinajstić information content (AvgIpc) is 2.82. The van der Waals surface area contributed by atoms with Gasteiger partial charge in [-0.05, 0) is 18.2 Å². The van der Waals surface area contributed by atoms with Crippen LogP contribution in [0.15, 0.2) is 39.4 Å². The molecule has 3 N–H and O–H groups in total. The molecule has 0 saturated carbocycles. The molecule has 16 heavy (non-hydrogen) atoms. The normalized spacial score (nSPS) is 11.0. The third-order valence-corrected chi connectivity index (χ3v) is 2.33. The Kier molecular flexibility index (Phi) is 1.67. The number of nitrogen functional groups attached to an aromatic ring is 1. The van der Waals surface area contributed by atoms with Crippen molar-refractivity contribution in [2.24, 2.45) is 0 Å². The molecule has 0 bridgehead atoms. The number of fused-ring (bicyclic) bond motifs is 1. The summed E-state index contributed by atoms with van der Waals surface area (Å²) in [6.07, 6.45) is 1.42. The standard InChI is InChI=1S/C11H8N2O3/c12-8-5-13-16-11(8)10-3-6-1-2-7(14)4-9(6)15-10/h1-5,14H,12H2. The Morgan fingerprint density at radius 3 is 2.88 bits per heavy atom. The summed E-state index contributed by atoms with van der Waals surface area (Å²) in [5.74, 6) is 1.05. The highest BCUT2D eigenvalue weighted by Crippen LogP contribution is 2.32. The Balaban J connectivity index is 2.23. The molecule has 0 aliphatic carbocycles. The Morgan fingerprint density at radius 2 is 2.12 bits per heavy atom. The minimum Gasteiger partial charge on any atom is -0.508 e. The summed E-state index contributed by atoms with van der Waals surface area (Å²) < 4.78 is 10.5. The van der Waals surface area contributed by atoms with Gasteiger partial charge in [0.15, 0.2) is 5.76 Å². The van der Waals surface area contributed by atoms with Crippen LogP contribution < -0.4 is 5.73 Å². The van der Waals surface area contributed by atoms with E-state index in [4.69, 9.17) is 14.7 Å². The van der Waals surface area contributed by atoms with Gasteiger partial charge in [0.1, 0.15) is 17.0 Å². The van der Waals surface area contributed by atoms with Crippen molar-refractivity contribution >= 4 is 16.7 Å². The van der Waals surface area contributed by atoms with Gasteiger partial charge >= 0.3 is 0 Å². The summed E-state index contributed by atoms with van der Waals surface area (Å²) in [5.41, 5.74) is 6.65. The van der Waals surface area contributed by atoms with Gasteiger partial charge in [0.25, 0.3) is 0 Å². The summed E-state index contributed by atoms with van der Waals surface area (Å²) in [6, 6.07) is 6.66. The number of nitrogens with two attached hydrogens (primary N) is 1. The first-order chi connectivity index (χ1) is 7.74. The van der Waals surface area contributed by atoms with Crippen LogP contribution in [0.1, 0.15) is 0 Å². The fourth-order valence-corrected chi connectivity index (χ4v) is 1.57. The number of benzene rings is 1. The van der Waals surface area contributed by atoms with Gasteiger partial charge in [-0.3, -0.25) is 0 Å². The van der Waals surface area contributed by atoms with E-state index in [1.165, 1.54) is 12.3 Å². The van der Waals surface area contributed by atoms with Gasteiger partial charge in [-0.25, -0.2) is 0 Å². The maximum absolute atomic E-state index is 9.30. The van der Waals surface area contributed by atoms with Crippen molar-refractivity contribution in [2.75, 3.05) is 5.73 Å². The average molecular weight is 216 g/mol. The van der Waals surface area contributed by atoms with Gasteiger partial charge in [-0.1, -0.05) is 5.16 Å². The van der Waals surface area contributed by atoms with E-state index in [2.05, 4.69) is 5.16 Å². The molecular formula is C11H8N2O3. The first kappa shape index (κ1) is 8.84. The van der Waals surface area contributed by atoms with Crippen LogP contribution in [0.3, 0.4) is 0 Å². The van der Waals surface area contributed by atoms with E-state index in [-0.39, 0.29) is 5.75 Å². The molecule has 0 aliphatic heterocycles. The van der Waals surface area contributed by atoms with Crippen molar-refractivity contribution in [1.82, 2.24) is 5.16 Å². The molecule has 80 valence electrons. The number of anilines is 1. The van der Waals surface area contributed by atoms with Gasteiger partial charge in [0.05, 0.1) is 6.20 Å². The molecule has 5 heteroatoms. The molecule has 0 atom stereocenters. The summed E-state index contributed by atoms with van der Waals surface area (Å²) >= 11 is 0. The molecule has 2 heterocycles. The second kappa shape index (κ2) is 3.03. The Labute approximate surface area is 90.1 Å². The fraction of sp³-hybridized carbons (Fsp3) is 0. The molecule has 3 aromatic rings. The van der Waals surface area contributed by atoms with E-state index in [0.29, 0.717) is 22.8 Å². The van der Waals surface area contributed by atoms with E-state index in [9.17, 15) is 5.11 Å². The molecule has 0 radical (unpaired) electrons. The lowest BCUT2D eigenvalue weighted by atomic mass is 10.2. The molecule has 0 unspecified atom stereocenters. The van der Waals surface area contributed by atoms with E-state index in [1.807, 2.05) is 0 Å². The van der Waals surface area contributed by atoms with Crippen LogP contribution in [0, 0.1) is 0 Å². The molecular weight excluding hydrogens is 208 g/mol. The maximum atomic E-state index is 9.30. The second-order valence-corrected chi connectivity index (χ2v) is 3.44. The van der Waals surface area contributed by atoms with Crippen LogP contribution in [-0.2, 0) is 0 Å². The van der Waals surface area contributed by atoms with Crippen molar-refractivity contribution in [3.05, 3.63) is 30.5 Å². The van der Waals surface area contributed by atoms with E-state index < -0.39 is 0 Å². The van der Waals surface area contributed by atoms with Crippen LogP contribution in [0.25, 0.3) is 22.5 Å². The number of aromatic nitrogens is 1. The Morgan fingerprint density at radius 1 is 1.25 bits per heavy atom. The zero-order chi connectivity index (χ0) is 11.1. The number of phenolic OH excluding ortho intramolecular Hbond substituents is 1. The number of nitrogens with zero attached hydrogens (tertiary/aromatic N) is 1. The Hall–Kier alpha value is -2.43. The molecule has 0 fully saturated rings. The molecule has 0 spiro atoms. The van der Waals surface area contributed by atoms with Gasteiger partial charge in [0, 0.05) is 11.5 Å². The van der Waals surface area contributed by atoms with Gasteiger partial charge < -0.3 is 19.8 Å². The smallest absolute Gasteiger partial charge is 0.224 e. The van der Waals surface area contributed by atoms with Crippen LogP contribution in [-0.4, -0.2) is 10.3 Å². The Bertz CT molecular complexity index is 654. The SMILES string of the molecule is Nc1cnoc1-c1cc2ccc(O)cc2o1. The predicted molar refractivity (Wildman–Crippen MR) is 57.8 cm³/mol. The van der Waals surface area contributed by atoms with Crippen molar-refractivity contribution in [3.63, 3.8) is 0 Å². The molecule has 3 rings (SSSR count). The van der Waals surface area contributed by atoms with Gasteiger partial charge in [0.2, 0.25) is 5.76 Å². The number of hydrogen-bond donors (Lipinski definition) is 2. The third kappa shape index (κ3) is 1.22. The first-order valence-corrected chi connectivity index (χ1v) is 4.67. The molecule has 5 nitrogen and oxygen atoms in total. The minimum absolute atomic E-state index is 0.152. The summed E-state index contributed by atoms with van der Waals surface area (Å²) in [4.78, 5) is 0. The number of rotatable bonds is 1. The van der Waals surface area contributed by atoms with E-state index in [0.717, 1.165) is 5.39 Å². The van der Waals surface area contributed by atoms with Crippen LogP contribution >= 0.6 is 0 Å². The highest BCUT2D eigenvalue weighted by molar-refractivity contribution is 5.84. The molecule has 2 aromatic heterocycles. The third-order valence-electron chi connectivity index (χ3n) is 2.33. The lowest BCUT2D eigenvalue weighted by Crippen LogP contribution is -1.82. The largest absolute Gasteiger partial charge is 0.508 e. The van der Waals surface area contributed by atoms with Crippen LogP contribution in [0.2, 0.25) is 0 Å². The number of hydrogen-bond acceptors (Lipinski definition) is 5. The number of phenols is 1. The first-order valence-electron chi connectivity index (χ1n) is 4.67. The van der Waals surface area contributed by atoms with E-state index >= 15 is 0 Å². The maximum Gasteiger partial charge on any atom is 0.224 e.